The lowest BCUT2D eigenvalue weighted by molar-refractivity contribution is 0.0703. The van der Waals surface area contributed by atoms with Crippen LogP contribution in [-0.2, 0) is 13.0 Å². The minimum atomic E-state index is -0.319. The van der Waals surface area contributed by atoms with Gasteiger partial charge < -0.3 is 19.2 Å². The third-order valence-electron chi connectivity index (χ3n) is 6.35. The molecule has 166 valence electrons. The Morgan fingerprint density at radius 1 is 1.00 bits per heavy atom. The first-order chi connectivity index (χ1) is 15.7. The topological polar surface area (TPSA) is 93.3 Å². The Morgan fingerprint density at radius 3 is 2.69 bits per heavy atom. The number of anilines is 1. The van der Waals surface area contributed by atoms with Gasteiger partial charge >= 0.3 is 0 Å². The lowest BCUT2D eigenvalue weighted by Crippen LogP contribution is -2.39. The van der Waals surface area contributed by atoms with E-state index in [1.165, 1.54) is 19.1 Å². The summed E-state index contributed by atoms with van der Waals surface area (Å²) in [6.07, 6.45) is 8.00. The highest BCUT2D eigenvalue weighted by molar-refractivity contribution is 6.02. The number of carbonyl (C=O) groups is 2. The average molecular weight is 434 g/mol. The third-order valence-corrected chi connectivity index (χ3v) is 6.35. The summed E-state index contributed by atoms with van der Waals surface area (Å²) in [7, 11) is 0. The number of aromatic nitrogens is 3. The smallest absolute Gasteiger partial charge is 0.291 e. The Labute approximate surface area is 186 Å². The normalized spacial score (nSPS) is 18.6. The van der Waals surface area contributed by atoms with Gasteiger partial charge in [-0.1, -0.05) is 6.42 Å². The van der Waals surface area contributed by atoms with Crippen LogP contribution < -0.4 is 5.32 Å². The van der Waals surface area contributed by atoms with Crippen molar-refractivity contribution in [3.8, 4) is 0 Å². The second-order valence-electron chi connectivity index (χ2n) is 8.54. The highest BCUT2D eigenvalue weighted by atomic mass is 16.3. The average Bonchev–Trinajstić information content (AvgIpc) is 3.45. The Morgan fingerprint density at radius 2 is 1.88 bits per heavy atom. The molecule has 0 unspecified atom stereocenters. The fourth-order valence-electron chi connectivity index (χ4n) is 4.66. The number of likely N-dealkylation sites (tertiary alicyclic amines) is 1. The van der Waals surface area contributed by atoms with Gasteiger partial charge in [0.15, 0.2) is 5.76 Å². The molecule has 2 amide bonds. The number of nitrogens with zero attached hydrogens (tertiary/aromatic N) is 4. The van der Waals surface area contributed by atoms with Crippen molar-refractivity contribution >= 4 is 17.5 Å². The van der Waals surface area contributed by atoms with E-state index in [4.69, 9.17) is 4.42 Å². The van der Waals surface area contributed by atoms with Crippen LogP contribution in [0.5, 0.6) is 0 Å². The summed E-state index contributed by atoms with van der Waals surface area (Å²) in [4.78, 5) is 27.2. The van der Waals surface area contributed by atoms with Crippen LogP contribution in [-0.4, -0.2) is 44.6 Å². The molecule has 1 fully saturated rings. The zero-order chi connectivity index (χ0) is 21.9. The van der Waals surface area contributed by atoms with Crippen molar-refractivity contribution in [3.63, 3.8) is 0 Å². The number of aryl methyl sites for hydroxylation is 1. The largest absolute Gasteiger partial charge is 0.459 e. The molecule has 0 spiro atoms. The quantitative estimate of drug-likeness (QED) is 0.674. The Balaban J connectivity index is 1.25. The standard InChI is InChI=1S/C24H27N5O3/c30-23(20-7-5-15-32-20)25-19-11-9-17(10-12-19)24(31)28-13-4-6-18(16-28)22-27-26-21-8-2-1-3-14-29(21)22/h5,7,9-12,15,18H,1-4,6,8,13-14,16H2,(H,25,30)/t18-/m0/s1. The first-order valence-corrected chi connectivity index (χ1v) is 11.4. The molecule has 2 aliphatic rings. The monoisotopic (exact) mass is 433 g/mol. The first kappa shape index (κ1) is 20.5. The zero-order valence-corrected chi connectivity index (χ0v) is 18.0. The summed E-state index contributed by atoms with van der Waals surface area (Å²) in [6.45, 7) is 2.38. The van der Waals surface area contributed by atoms with Crippen LogP contribution in [0, 0.1) is 0 Å². The number of fused-ring (bicyclic) bond motifs is 1. The molecule has 0 aliphatic carbocycles. The molecular weight excluding hydrogens is 406 g/mol. The maximum Gasteiger partial charge on any atom is 0.291 e. The van der Waals surface area contributed by atoms with Crippen molar-refractivity contribution < 1.29 is 14.0 Å². The summed E-state index contributed by atoms with van der Waals surface area (Å²) < 4.78 is 7.40. The molecule has 2 aliphatic heterocycles. The van der Waals surface area contributed by atoms with Crippen molar-refractivity contribution in [2.45, 2.75) is 51.0 Å². The molecule has 1 atom stereocenters. The Hall–Kier alpha value is -3.42. The van der Waals surface area contributed by atoms with Gasteiger partial charge in [-0.15, -0.1) is 10.2 Å². The van der Waals surface area contributed by atoms with Crippen molar-refractivity contribution in [1.82, 2.24) is 19.7 Å². The van der Waals surface area contributed by atoms with Gasteiger partial charge in [-0.3, -0.25) is 9.59 Å². The molecule has 0 bridgehead atoms. The number of rotatable bonds is 4. The van der Waals surface area contributed by atoms with Gasteiger partial charge in [-0.25, -0.2) is 0 Å². The SMILES string of the molecule is O=C(Nc1ccc(C(=O)N2CCC[C@H](c3nnc4n3CCCCC4)C2)cc1)c1ccco1. The number of amides is 2. The van der Waals surface area contributed by atoms with Crippen molar-refractivity contribution in [2.24, 2.45) is 0 Å². The van der Waals surface area contributed by atoms with E-state index >= 15 is 0 Å². The number of benzene rings is 1. The van der Waals surface area contributed by atoms with Gasteiger partial charge in [0.2, 0.25) is 0 Å². The van der Waals surface area contributed by atoms with E-state index in [0.29, 0.717) is 17.8 Å². The molecule has 1 N–H and O–H groups in total. The van der Waals surface area contributed by atoms with Crippen LogP contribution >= 0.6 is 0 Å². The predicted octanol–water partition coefficient (Wildman–Crippen LogP) is 3.87. The van der Waals surface area contributed by atoms with Crippen LogP contribution in [0.1, 0.15) is 70.6 Å². The van der Waals surface area contributed by atoms with E-state index in [1.54, 1.807) is 36.4 Å². The van der Waals surface area contributed by atoms with Crippen LogP contribution in [0.4, 0.5) is 5.69 Å². The van der Waals surface area contributed by atoms with Crippen LogP contribution in [0.25, 0.3) is 0 Å². The Kier molecular flexibility index (Phi) is 5.75. The van der Waals surface area contributed by atoms with Crippen molar-refractivity contribution in [1.29, 1.82) is 0 Å². The molecule has 0 saturated carbocycles. The van der Waals surface area contributed by atoms with E-state index < -0.39 is 0 Å². The van der Waals surface area contributed by atoms with Crippen molar-refractivity contribution in [2.75, 3.05) is 18.4 Å². The minimum absolute atomic E-state index is 0.00853. The number of piperidine rings is 1. The molecule has 1 aromatic carbocycles. The number of furan rings is 1. The van der Waals surface area contributed by atoms with E-state index in [9.17, 15) is 9.59 Å². The lowest BCUT2D eigenvalue weighted by Gasteiger charge is -2.32. The van der Waals surface area contributed by atoms with Gasteiger partial charge in [0.1, 0.15) is 11.6 Å². The molecule has 0 radical (unpaired) electrons. The molecule has 1 saturated heterocycles. The molecule has 4 heterocycles. The van der Waals surface area contributed by atoms with Gasteiger partial charge in [-0.05, 0) is 62.1 Å². The lowest BCUT2D eigenvalue weighted by atomic mass is 9.96. The molecule has 2 aromatic heterocycles. The fraction of sp³-hybridized carbons (Fsp3) is 0.417. The van der Waals surface area contributed by atoms with Gasteiger partial charge in [-0.2, -0.15) is 0 Å². The van der Waals surface area contributed by atoms with E-state index in [-0.39, 0.29) is 23.5 Å². The Bertz CT molecular complexity index is 1090. The van der Waals surface area contributed by atoms with Crippen LogP contribution in [0.3, 0.4) is 0 Å². The molecule has 32 heavy (non-hydrogen) atoms. The first-order valence-electron chi connectivity index (χ1n) is 11.4. The second-order valence-corrected chi connectivity index (χ2v) is 8.54. The fourth-order valence-corrected chi connectivity index (χ4v) is 4.66. The summed E-state index contributed by atoms with van der Waals surface area (Å²) >= 11 is 0. The van der Waals surface area contributed by atoms with Crippen molar-refractivity contribution in [3.05, 3.63) is 65.6 Å². The predicted molar refractivity (Wildman–Crippen MR) is 119 cm³/mol. The van der Waals surface area contributed by atoms with E-state index in [1.807, 2.05) is 4.90 Å². The minimum Gasteiger partial charge on any atom is -0.459 e. The highest BCUT2D eigenvalue weighted by Gasteiger charge is 2.30. The highest BCUT2D eigenvalue weighted by Crippen LogP contribution is 2.29. The molecule has 8 nitrogen and oxygen atoms in total. The molecule has 5 rings (SSSR count). The maximum absolute atomic E-state index is 13.2. The summed E-state index contributed by atoms with van der Waals surface area (Å²) in [6, 6.07) is 10.3. The number of carbonyl (C=O) groups excluding carboxylic acids is 2. The molecule has 3 aromatic rings. The van der Waals surface area contributed by atoms with Gasteiger partial charge in [0.05, 0.1) is 6.26 Å². The number of nitrogens with one attached hydrogen (secondary N) is 1. The number of hydrogen-bond donors (Lipinski definition) is 1. The molecule has 8 heteroatoms. The third kappa shape index (κ3) is 4.17. The number of hydrogen-bond acceptors (Lipinski definition) is 5. The van der Waals surface area contributed by atoms with Crippen LogP contribution in [0.2, 0.25) is 0 Å². The zero-order valence-electron chi connectivity index (χ0n) is 18.0. The summed E-state index contributed by atoms with van der Waals surface area (Å²) in [5.74, 6) is 2.29. The van der Waals surface area contributed by atoms with E-state index in [0.717, 1.165) is 50.4 Å². The maximum atomic E-state index is 13.2. The van der Waals surface area contributed by atoms with Gasteiger partial charge in [0.25, 0.3) is 11.8 Å². The van der Waals surface area contributed by atoms with E-state index in [2.05, 4.69) is 20.1 Å². The van der Waals surface area contributed by atoms with Gasteiger partial charge in [0, 0.05) is 43.2 Å². The van der Waals surface area contributed by atoms with Crippen LogP contribution in [0.15, 0.2) is 47.1 Å². The second kappa shape index (κ2) is 8.98. The molecular formula is C24H27N5O3. The summed E-state index contributed by atoms with van der Waals surface area (Å²) in [5, 5.41) is 11.7. The summed E-state index contributed by atoms with van der Waals surface area (Å²) in [5.41, 5.74) is 1.23.